The van der Waals surface area contributed by atoms with Crippen LogP contribution < -0.4 is 24.8 Å². The Morgan fingerprint density at radius 2 is 1.50 bits per heavy atom. The zero-order valence-corrected chi connectivity index (χ0v) is 18.7. The number of nitrogens with zero attached hydrogens (tertiary/aromatic N) is 1. The quantitative estimate of drug-likeness (QED) is 0.677. The van der Waals surface area contributed by atoms with E-state index in [9.17, 15) is 0 Å². The predicted molar refractivity (Wildman–Crippen MR) is 122 cm³/mol. The van der Waals surface area contributed by atoms with Gasteiger partial charge in [-0.05, 0) is 86.0 Å². The topological polar surface area (TPSA) is 64.6 Å². The molecule has 4 rings (SSSR count). The second kappa shape index (κ2) is 9.08. The summed E-state index contributed by atoms with van der Waals surface area (Å²) in [5.74, 6) is 1.85. The highest BCUT2D eigenvalue weighted by molar-refractivity contribution is 7.80. The van der Waals surface area contributed by atoms with Crippen LogP contribution in [-0.4, -0.2) is 31.4 Å². The van der Waals surface area contributed by atoms with Crippen molar-refractivity contribution in [3.8, 4) is 17.2 Å². The number of aryl methyl sites for hydroxylation is 2. The highest BCUT2D eigenvalue weighted by atomic mass is 32.1. The van der Waals surface area contributed by atoms with E-state index in [4.69, 9.17) is 31.4 Å². The van der Waals surface area contributed by atoms with Crippen LogP contribution in [0.5, 0.6) is 17.2 Å². The molecule has 0 radical (unpaired) electrons. The van der Waals surface area contributed by atoms with Crippen molar-refractivity contribution in [1.29, 1.82) is 0 Å². The van der Waals surface area contributed by atoms with E-state index in [1.165, 1.54) is 47.5 Å². The van der Waals surface area contributed by atoms with Crippen LogP contribution in [0.1, 0.15) is 47.3 Å². The number of fused-ring (bicyclic) bond motifs is 2. The predicted octanol–water partition coefficient (Wildman–Crippen LogP) is 3.96. The molecule has 1 heterocycles. The van der Waals surface area contributed by atoms with E-state index in [0.29, 0.717) is 28.9 Å². The molecule has 7 heteroatoms. The van der Waals surface area contributed by atoms with Crippen LogP contribution >= 0.6 is 12.2 Å². The Kier molecular flexibility index (Phi) is 6.27. The number of methoxy groups -OCH3 is 3. The lowest BCUT2D eigenvalue weighted by molar-refractivity contribution is 0.323. The summed E-state index contributed by atoms with van der Waals surface area (Å²) in [6.45, 7) is 0.554. The van der Waals surface area contributed by atoms with Crippen molar-refractivity contribution < 1.29 is 14.2 Å². The second-order valence-electron chi connectivity index (χ2n) is 7.74. The summed E-state index contributed by atoms with van der Waals surface area (Å²) < 4.78 is 16.3. The summed E-state index contributed by atoms with van der Waals surface area (Å²) in [6.07, 6.45) is 7.91. The normalized spacial score (nSPS) is 14.5. The summed E-state index contributed by atoms with van der Waals surface area (Å²) in [6, 6.07) is 3.87. The number of thiocarbonyl (C=S) groups is 1. The van der Waals surface area contributed by atoms with Crippen LogP contribution in [0.4, 0.5) is 5.69 Å². The van der Waals surface area contributed by atoms with Gasteiger partial charge >= 0.3 is 0 Å². The standard InChI is InChI=1S/C23H29N3O3S/c1-27-19-11-14(12-20(28-2)22(19)29-3)13-24-23(30)26-21-15-7-4-5-9-17(15)25-18-10-6-8-16(18)21/h11-12H,4-10,13H2,1-3H3,(H2,24,25,26,30). The molecule has 0 saturated heterocycles. The molecule has 0 amide bonds. The summed E-state index contributed by atoms with van der Waals surface area (Å²) in [5, 5.41) is 7.47. The Labute approximate surface area is 183 Å². The van der Waals surface area contributed by atoms with Crippen molar-refractivity contribution in [3.05, 3.63) is 40.2 Å². The van der Waals surface area contributed by atoms with Crippen molar-refractivity contribution in [3.63, 3.8) is 0 Å². The van der Waals surface area contributed by atoms with Gasteiger partial charge in [-0.15, -0.1) is 0 Å². The van der Waals surface area contributed by atoms with Gasteiger partial charge in [-0.1, -0.05) is 0 Å². The van der Waals surface area contributed by atoms with Gasteiger partial charge in [0, 0.05) is 17.9 Å². The van der Waals surface area contributed by atoms with Gasteiger partial charge in [0.05, 0.1) is 27.0 Å². The SMILES string of the molecule is COc1cc(CNC(=S)Nc2c3c(nc4c2CCC4)CCCC3)cc(OC)c1OC. The third kappa shape index (κ3) is 4.03. The second-order valence-corrected chi connectivity index (χ2v) is 8.15. The van der Waals surface area contributed by atoms with Gasteiger partial charge in [0.25, 0.3) is 0 Å². The van der Waals surface area contributed by atoms with Gasteiger partial charge in [-0.25, -0.2) is 0 Å². The minimum atomic E-state index is 0.554. The Hall–Kier alpha value is -2.54. The van der Waals surface area contributed by atoms with E-state index in [1.54, 1.807) is 21.3 Å². The minimum absolute atomic E-state index is 0.554. The number of anilines is 1. The first-order chi connectivity index (χ1) is 14.6. The molecule has 0 atom stereocenters. The summed E-state index contributed by atoms with van der Waals surface area (Å²) in [7, 11) is 4.84. The fourth-order valence-electron chi connectivity index (χ4n) is 4.48. The third-order valence-electron chi connectivity index (χ3n) is 5.92. The number of nitrogens with one attached hydrogen (secondary N) is 2. The van der Waals surface area contributed by atoms with Gasteiger partial charge in [0.2, 0.25) is 5.75 Å². The Morgan fingerprint density at radius 1 is 0.900 bits per heavy atom. The number of pyridine rings is 1. The molecule has 1 aromatic carbocycles. The summed E-state index contributed by atoms with van der Waals surface area (Å²) in [4.78, 5) is 4.97. The number of ether oxygens (including phenoxy) is 3. The van der Waals surface area contributed by atoms with Crippen LogP contribution in [-0.2, 0) is 32.2 Å². The molecule has 0 saturated carbocycles. The molecule has 1 aromatic heterocycles. The first kappa shape index (κ1) is 20.7. The number of hydrogen-bond acceptors (Lipinski definition) is 5. The van der Waals surface area contributed by atoms with Crippen molar-refractivity contribution in [2.75, 3.05) is 26.6 Å². The Balaban J connectivity index is 1.51. The molecule has 2 aliphatic rings. The minimum Gasteiger partial charge on any atom is -0.493 e. The smallest absolute Gasteiger partial charge is 0.203 e. The van der Waals surface area contributed by atoms with Crippen molar-refractivity contribution >= 4 is 23.0 Å². The van der Waals surface area contributed by atoms with E-state index >= 15 is 0 Å². The van der Waals surface area contributed by atoms with E-state index in [-0.39, 0.29) is 0 Å². The molecule has 0 spiro atoms. The van der Waals surface area contributed by atoms with Gasteiger partial charge < -0.3 is 24.8 Å². The molecule has 0 unspecified atom stereocenters. The fourth-order valence-corrected chi connectivity index (χ4v) is 4.65. The number of aromatic nitrogens is 1. The van der Waals surface area contributed by atoms with Crippen LogP contribution in [0.2, 0.25) is 0 Å². The average molecular weight is 428 g/mol. The zero-order valence-electron chi connectivity index (χ0n) is 17.9. The monoisotopic (exact) mass is 427 g/mol. The number of hydrogen-bond donors (Lipinski definition) is 2. The molecule has 160 valence electrons. The van der Waals surface area contributed by atoms with E-state index < -0.39 is 0 Å². The Morgan fingerprint density at radius 3 is 2.13 bits per heavy atom. The molecular weight excluding hydrogens is 398 g/mol. The van der Waals surface area contributed by atoms with Gasteiger partial charge in [-0.3, -0.25) is 4.98 Å². The van der Waals surface area contributed by atoms with Gasteiger partial charge in [0.15, 0.2) is 16.6 Å². The van der Waals surface area contributed by atoms with Crippen molar-refractivity contribution in [2.45, 2.75) is 51.5 Å². The lowest BCUT2D eigenvalue weighted by Crippen LogP contribution is -2.29. The zero-order chi connectivity index (χ0) is 21.1. The first-order valence-electron chi connectivity index (χ1n) is 10.5. The fraction of sp³-hybridized carbons (Fsp3) is 0.478. The molecular formula is C23H29N3O3S. The molecule has 0 fully saturated rings. The third-order valence-corrected chi connectivity index (χ3v) is 6.16. The number of rotatable bonds is 6. The Bertz CT molecular complexity index is 936. The summed E-state index contributed by atoms with van der Waals surface area (Å²) in [5.41, 5.74) is 7.43. The van der Waals surface area contributed by atoms with Crippen LogP contribution in [0, 0.1) is 0 Å². The van der Waals surface area contributed by atoms with E-state index in [0.717, 1.165) is 31.2 Å². The molecule has 2 N–H and O–H groups in total. The maximum atomic E-state index is 5.65. The summed E-state index contributed by atoms with van der Waals surface area (Å²) >= 11 is 5.65. The first-order valence-corrected chi connectivity index (χ1v) is 10.9. The largest absolute Gasteiger partial charge is 0.493 e. The van der Waals surface area contributed by atoms with Gasteiger partial charge in [-0.2, -0.15) is 0 Å². The maximum Gasteiger partial charge on any atom is 0.203 e. The molecule has 2 aromatic rings. The lowest BCUT2D eigenvalue weighted by atomic mass is 9.92. The highest BCUT2D eigenvalue weighted by Gasteiger charge is 2.25. The maximum absolute atomic E-state index is 5.65. The number of benzene rings is 1. The van der Waals surface area contributed by atoms with Crippen LogP contribution in [0.15, 0.2) is 12.1 Å². The van der Waals surface area contributed by atoms with Crippen LogP contribution in [0.3, 0.4) is 0 Å². The van der Waals surface area contributed by atoms with Crippen molar-refractivity contribution in [2.24, 2.45) is 0 Å². The molecule has 6 nitrogen and oxygen atoms in total. The lowest BCUT2D eigenvalue weighted by Gasteiger charge is -2.23. The molecule has 0 bridgehead atoms. The molecule has 0 aliphatic heterocycles. The highest BCUT2D eigenvalue weighted by Crippen LogP contribution is 2.38. The van der Waals surface area contributed by atoms with Crippen molar-refractivity contribution in [1.82, 2.24) is 10.3 Å². The average Bonchev–Trinajstić information content (AvgIpc) is 3.25. The molecule has 30 heavy (non-hydrogen) atoms. The van der Waals surface area contributed by atoms with Gasteiger partial charge in [0.1, 0.15) is 0 Å². The van der Waals surface area contributed by atoms with E-state index in [2.05, 4.69) is 10.6 Å². The van der Waals surface area contributed by atoms with Crippen LogP contribution in [0.25, 0.3) is 0 Å². The molecule has 2 aliphatic carbocycles. The van der Waals surface area contributed by atoms with E-state index in [1.807, 2.05) is 12.1 Å².